The van der Waals surface area contributed by atoms with Crippen molar-refractivity contribution in [3.63, 3.8) is 0 Å². The van der Waals surface area contributed by atoms with Gasteiger partial charge >= 0.3 is 17.9 Å². The van der Waals surface area contributed by atoms with Gasteiger partial charge in [-0.1, -0.05) is 93.9 Å². The van der Waals surface area contributed by atoms with Gasteiger partial charge in [-0.3, -0.25) is 4.79 Å². The first-order chi connectivity index (χ1) is 31.8. The minimum Gasteiger partial charge on any atom is -0.456 e. The number of hydrogen-bond donors (Lipinski definition) is 0. The van der Waals surface area contributed by atoms with Crippen LogP contribution in [0, 0.1) is 46.3 Å². The van der Waals surface area contributed by atoms with Gasteiger partial charge in [-0.05, 0) is 128 Å². The summed E-state index contributed by atoms with van der Waals surface area (Å²) in [5, 5.41) is 0. The van der Waals surface area contributed by atoms with Crippen LogP contribution in [0.1, 0.15) is 113 Å². The lowest BCUT2D eigenvalue weighted by atomic mass is 9.47. The van der Waals surface area contributed by atoms with Crippen LogP contribution in [-0.4, -0.2) is 79.0 Å². The predicted octanol–water partition coefficient (Wildman–Crippen LogP) is 10.6. The molecule has 16 atom stereocenters. The maximum Gasteiger partial charge on any atom is 0.338 e. The Morgan fingerprint density at radius 1 is 0.758 bits per heavy atom. The topological polar surface area (TPSA) is 116 Å². The average molecular weight is 919 g/mol. The second-order valence-electron chi connectivity index (χ2n) is 21.0. The first kappa shape index (κ1) is 45.8. The summed E-state index contributed by atoms with van der Waals surface area (Å²) in [7, 11) is 0. The van der Waals surface area contributed by atoms with Crippen molar-refractivity contribution in [1.82, 2.24) is 0 Å². The third kappa shape index (κ3) is 8.47. The van der Waals surface area contributed by atoms with Crippen molar-refractivity contribution in [1.29, 1.82) is 0 Å². The Balaban J connectivity index is 0.918. The van der Waals surface area contributed by atoms with Crippen molar-refractivity contribution >= 4 is 29.7 Å². The Morgan fingerprint density at radius 2 is 1.42 bits per heavy atom. The fourth-order valence-corrected chi connectivity index (χ4v) is 14.9. The summed E-state index contributed by atoms with van der Waals surface area (Å²) in [6.45, 7) is 11.9. The van der Waals surface area contributed by atoms with E-state index in [1.807, 2.05) is 42.5 Å². The molecule has 3 aliphatic heterocycles. The molecule has 0 amide bonds. The fourth-order valence-electron chi connectivity index (χ4n) is 13.9. The Labute approximate surface area is 394 Å². The molecule has 0 aromatic heterocycles. The molecule has 0 N–H and O–H groups in total. The second-order valence-corrected chi connectivity index (χ2v) is 22.1. The molecule has 3 aromatic rings. The monoisotopic (exact) mass is 918 g/mol. The van der Waals surface area contributed by atoms with Gasteiger partial charge < -0.3 is 33.2 Å². The molecule has 0 radical (unpaired) electrons. The number of rotatable bonds is 10. The van der Waals surface area contributed by atoms with E-state index in [2.05, 4.69) is 33.8 Å². The highest BCUT2D eigenvalue weighted by Gasteiger charge is 2.69. The van der Waals surface area contributed by atoms with E-state index < -0.39 is 54.4 Å². The lowest BCUT2D eigenvalue weighted by molar-refractivity contribution is -0.305. The highest BCUT2D eigenvalue weighted by Crippen LogP contribution is 2.70. The molecule has 10 rings (SSSR count). The number of hydrogen-bond acceptors (Lipinski definition) is 11. The van der Waals surface area contributed by atoms with Gasteiger partial charge in [0, 0.05) is 29.9 Å². The quantitative estimate of drug-likeness (QED) is 0.0838. The minimum atomic E-state index is -1.27. The van der Waals surface area contributed by atoms with Crippen LogP contribution in [0.25, 0.3) is 0 Å². The maximum absolute atomic E-state index is 14.0. The third-order valence-electron chi connectivity index (χ3n) is 17.2. The van der Waals surface area contributed by atoms with Gasteiger partial charge in [0.1, 0.15) is 6.10 Å². The molecule has 0 bridgehead atoms. The summed E-state index contributed by atoms with van der Waals surface area (Å²) in [4.78, 5) is 41.8. The third-order valence-corrected chi connectivity index (χ3v) is 18.3. The number of ether oxygens (including phenoxy) is 7. The predicted molar refractivity (Wildman–Crippen MR) is 249 cm³/mol. The second kappa shape index (κ2) is 18.5. The molecule has 10 nitrogen and oxygen atoms in total. The van der Waals surface area contributed by atoms with Gasteiger partial charge in [-0.25, -0.2) is 9.59 Å². The van der Waals surface area contributed by atoms with Crippen LogP contribution < -0.4 is 0 Å². The molecule has 3 aromatic carbocycles. The van der Waals surface area contributed by atoms with Crippen LogP contribution in [-0.2, 0) is 38.0 Å². The van der Waals surface area contributed by atoms with Crippen LogP contribution in [0.15, 0.2) is 108 Å². The molecule has 1 spiro atoms. The van der Waals surface area contributed by atoms with E-state index in [4.69, 9.17) is 33.2 Å². The summed E-state index contributed by atoms with van der Waals surface area (Å²) in [6.07, 6.45) is 6.19. The van der Waals surface area contributed by atoms with E-state index in [9.17, 15) is 14.4 Å². The van der Waals surface area contributed by atoms with Crippen molar-refractivity contribution < 1.29 is 47.5 Å². The summed E-state index contributed by atoms with van der Waals surface area (Å²) in [5.41, 5.74) is 2.33. The number of fused-ring (bicyclic) bond motifs is 7. The molecule has 4 aliphatic carbocycles. The van der Waals surface area contributed by atoms with E-state index >= 15 is 0 Å². The lowest BCUT2D eigenvalue weighted by Crippen LogP contribution is -2.63. The average Bonchev–Trinajstić information content (AvgIpc) is 3.77. The normalized spacial score (nSPS) is 40.2. The first-order valence-electron chi connectivity index (χ1n) is 24.5. The van der Waals surface area contributed by atoms with Crippen LogP contribution in [0.3, 0.4) is 0 Å². The van der Waals surface area contributed by atoms with Crippen molar-refractivity contribution in [2.45, 2.75) is 146 Å². The van der Waals surface area contributed by atoms with Crippen LogP contribution in [0.4, 0.5) is 0 Å². The van der Waals surface area contributed by atoms with E-state index in [1.165, 1.54) is 43.5 Å². The van der Waals surface area contributed by atoms with Crippen molar-refractivity contribution in [3.05, 3.63) is 114 Å². The van der Waals surface area contributed by atoms with Crippen LogP contribution in [0.5, 0.6) is 0 Å². The SMILES string of the molecule is CC(=O)O[C@H]1[C@H](OC(=O)c2ccccc2)[C@@H](OC(=O)c2ccccc2)[C@H](O[C@H]2CC[C@@]3(C)C(=CC[C@H]4[C@@H]5C[C@@H]6O[C@]7(CCC(C)CO7)[C@@H](C)[C@@H]6[C@@]5(C)CC[C@@H]43)C2)O[C@@H]1CSc1ccccc1. The highest BCUT2D eigenvalue weighted by molar-refractivity contribution is 7.99. The summed E-state index contributed by atoms with van der Waals surface area (Å²) >= 11 is 1.53. The molecule has 1 unspecified atom stereocenters. The molecular formula is C55H66O10S. The zero-order valence-electron chi connectivity index (χ0n) is 39.0. The van der Waals surface area contributed by atoms with Crippen molar-refractivity contribution in [3.8, 4) is 0 Å². The molecule has 11 heteroatoms. The standard InChI is InChI=1S/C55H66O10S/c1-33-23-28-55(59-31-33)34(2)46-44(65-55)30-43-41-22-21-38-29-39(24-26-53(38,4)42(41)25-27-54(43,46)5)61-52-49(64-51(58)37-17-11-7-12-18-37)48(63-50(57)36-15-9-6-10-16-36)47(60-35(3)56)45(62-52)32-66-40-19-13-8-14-20-40/h6-21,33-34,39,41-49,52H,22-32H2,1-5H3/t33?,34-,39-,41+,42-,43-,44-,45+,46-,47+,48-,49+,52+,53-,54-,55+/m0/s1. The summed E-state index contributed by atoms with van der Waals surface area (Å²) in [6, 6.07) is 27.2. The zero-order valence-corrected chi connectivity index (χ0v) is 39.8. The Kier molecular flexibility index (Phi) is 12.8. The number of allylic oxidation sites excluding steroid dienone is 1. The molecule has 7 aliphatic rings. The molecule has 3 saturated heterocycles. The Hall–Kier alpha value is -4.00. The Morgan fingerprint density at radius 3 is 2.08 bits per heavy atom. The summed E-state index contributed by atoms with van der Waals surface area (Å²) in [5.74, 6) is 1.35. The van der Waals surface area contributed by atoms with Gasteiger partial charge in [0.15, 0.2) is 30.4 Å². The number of carbonyl (C=O) groups is 3. The van der Waals surface area contributed by atoms with Crippen LogP contribution >= 0.6 is 11.8 Å². The summed E-state index contributed by atoms with van der Waals surface area (Å²) < 4.78 is 46.2. The molecule has 3 heterocycles. The first-order valence-corrected chi connectivity index (χ1v) is 25.5. The molecule has 66 heavy (non-hydrogen) atoms. The highest BCUT2D eigenvalue weighted by atomic mass is 32.2. The van der Waals surface area contributed by atoms with Crippen molar-refractivity contribution in [2.75, 3.05) is 12.4 Å². The largest absolute Gasteiger partial charge is 0.456 e. The zero-order chi connectivity index (χ0) is 45.8. The van der Waals surface area contributed by atoms with Gasteiger partial charge in [-0.2, -0.15) is 0 Å². The molecule has 352 valence electrons. The smallest absolute Gasteiger partial charge is 0.338 e. The molecule has 6 fully saturated rings. The minimum absolute atomic E-state index is 0.0355. The van der Waals surface area contributed by atoms with Gasteiger partial charge in [0.05, 0.1) is 29.9 Å². The number of thioether (sulfide) groups is 1. The molecular weight excluding hydrogens is 853 g/mol. The van der Waals surface area contributed by atoms with Gasteiger partial charge in [0.2, 0.25) is 0 Å². The van der Waals surface area contributed by atoms with E-state index in [1.54, 1.807) is 48.5 Å². The lowest BCUT2D eigenvalue weighted by Gasteiger charge is -2.58. The Bertz CT molecular complexity index is 2250. The van der Waals surface area contributed by atoms with E-state index in [0.717, 1.165) is 50.0 Å². The van der Waals surface area contributed by atoms with Gasteiger partial charge in [-0.15, -0.1) is 11.8 Å². The van der Waals surface area contributed by atoms with Crippen LogP contribution in [0.2, 0.25) is 0 Å². The maximum atomic E-state index is 14.0. The fraction of sp³-hybridized carbons (Fsp3) is 0.582. The van der Waals surface area contributed by atoms with Gasteiger partial charge in [0.25, 0.3) is 0 Å². The number of carbonyl (C=O) groups excluding carboxylic acids is 3. The molecule has 3 saturated carbocycles. The number of benzene rings is 3. The number of esters is 3. The van der Waals surface area contributed by atoms with E-state index in [0.29, 0.717) is 52.4 Å². The van der Waals surface area contributed by atoms with Crippen molar-refractivity contribution in [2.24, 2.45) is 46.3 Å². The van der Waals surface area contributed by atoms with E-state index in [-0.39, 0.29) is 23.0 Å².